The van der Waals surface area contributed by atoms with Crippen molar-refractivity contribution in [1.82, 2.24) is 5.32 Å². The Morgan fingerprint density at radius 2 is 1.95 bits per heavy atom. The first-order chi connectivity index (χ1) is 10.2. The lowest BCUT2D eigenvalue weighted by Crippen LogP contribution is -2.52. The Bertz CT molecular complexity index is 657. The quantitative estimate of drug-likeness (QED) is 0.907. The van der Waals surface area contributed by atoms with Gasteiger partial charge in [0.05, 0.1) is 18.5 Å². The number of carbonyl (C=O) groups excluding carboxylic acids is 1. The van der Waals surface area contributed by atoms with Gasteiger partial charge in [0.15, 0.2) is 6.10 Å². The van der Waals surface area contributed by atoms with Gasteiger partial charge in [-0.05, 0) is 25.0 Å². The third kappa shape index (κ3) is 3.52. The van der Waals surface area contributed by atoms with Crippen LogP contribution in [-0.4, -0.2) is 39.3 Å². The summed E-state index contributed by atoms with van der Waals surface area (Å²) in [5.74, 6) is 0.381. The maximum Gasteiger partial charge on any atom is 0.263 e. The van der Waals surface area contributed by atoms with E-state index in [1.807, 2.05) is 20.8 Å². The van der Waals surface area contributed by atoms with Crippen molar-refractivity contribution in [2.45, 2.75) is 32.9 Å². The Balaban J connectivity index is 2.26. The third-order valence-corrected chi connectivity index (χ3v) is 4.94. The predicted octanol–water partition coefficient (Wildman–Crippen LogP) is 1.37. The van der Waals surface area contributed by atoms with E-state index >= 15 is 0 Å². The van der Waals surface area contributed by atoms with Gasteiger partial charge in [0.1, 0.15) is 5.75 Å². The molecule has 0 aliphatic carbocycles. The molecule has 2 atom stereocenters. The van der Waals surface area contributed by atoms with E-state index in [9.17, 15) is 13.2 Å². The molecule has 22 heavy (non-hydrogen) atoms. The number of carbonyl (C=O) groups is 1. The second-order valence-electron chi connectivity index (χ2n) is 5.91. The lowest BCUT2D eigenvalue weighted by Gasteiger charge is -2.34. The molecule has 1 aromatic carbocycles. The number of sulfonamides is 1. The topological polar surface area (TPSA) is 75.7 Å². The van der Waals surface area contributed by atoms with Gasteiger partial charge < -0.3 is 10.1 Å². The number of benzene rings is 1. The predicted molar refractivity (Wildman–Crippen MR) is 85.5 cm³/mol. The summed E-state index contributed by atoms with van der Waals surface area (Å²) in [6.07, 6.45) is 0.270. The summed E-state index contributed by atoms with van der Waals surface area (Å²) in [5.41, 5.74) is 0.464. The smallest absolute Gasteiger partial charge is 0.263 e. The van der Waals surface area contributed by atoms with Crippen LogP contribution in [0.15, 0.2) is 24.3 Å². The molecule has 1 aliphatic rings. The average molecular weight is 326 g/mol. The van der Waals surface area contributed by atoms with Crippen molar-refractivity contribution in [1.29, 1.82) is 0 Å². The largest absolute Gasteiger partial charge is 0.476 e. The summed E-state index contributed by atoms with van der Waals surface area (Å²) >= 11 is 0. The molecule has 7 heteroatoms. The van der Waals surface area contributed by atoms with E-state index in [4.69, 9.17) is 4.74 Å². The molecular formula is C15H22N2O4S. The standard InChI is InChI=1S/C15H22N2O4S/c1-10(2)11(3)16-15(18)14-9-17(22(4,19)20)12-7-5-6-8-13(12)21-14/h5-8,10-11,14H,9H2,1-4H3,(H,16,18)/t11-,14-/m0/s1. The minimum atomic E-state index is -3.48. The van der Waals surface area contributed by atoms with Crippen LogP contribution in [0.25, 0.3) is 0 Å². The first-order valence-electron chi connectivity index (χ1n) is 7.24. The Labute approximate surface area is 131 Å². The molecule has 1 N–H and O–H groups in total. The van der Waals surface area contributed by atoms with Crippen LogP contribution < -0.4 is 14.4 Å². The van der Waals surface area contributed by atoms with Gasteiger partial charge >= 0.3 is 0 Å². The van der Waals surface area contributed by atoms with Crippen LogP contribution in [0.3, 0.4) is 0 Å². The van der Waals surface area contributed by atoms with Crippen LogP contribution in [0.1, 0.15) is 20.8 Å². The molecule has 0 fully saturated rings. The molecule has 122 valence electrons. The SMILES string of the molecule is CC(C)[C@H](C)NC(=O)[C@@H]1CN(S(C)(=O)=O)c2ccccc2O1. The molecule has 0 spiro atoms. The summed E-state index contributed by atoms with van der Waals surface area (Å²) in [4.78, 5) is 12.3. The molecule has 1 heterocycles. The van der Waals surface area contributed by atoms with Crippen molar-refractivity contribution in [2.75, 3.05) is 17.1 Å². The van der Waals surface area contributed by atoms with Crippen LogP contribution in [0.5, 0.6) is 5.75 Å². The zero-order valence-electron chi connectivity index (χ0n) is 13.2. The highest BCUT2D eigenvalue weighted by Gasteiger charge is 2.35. The Hall–Kier alpha value is -1.76. The number of nitrogens with one attached hydrogen (secondary N) is 1. The first-order valence-corrected chi connectivity index (χ1v) is 9.08. The number of amides is 1. The molecule has 0 saturated carbocycles. The molecule has 0 aromatic heterocycles. The van der Waals surface area contributed by atoms with E-state index in [2.05, 4.69) is 5.32 Å². The van der Waals surface area contributed by atoms with Crippen LogP contribution in [0.4, 0.5) is 5.69 Å². The number of anilines is 1. The monoisotopic (exact) mass is 326 g/mol. The summed E-state index contributed by atoms with van der Waals surface area (Å²) in [6, 6.07) is 6.80. The molecule has 0 radical (unpaired) electrons. The maximum atomic E-state index is 12.3. The van der Waals surface area contributed by atoms with Crippen LogP contribution in [0, 0.1) is 5.92 Å². The van der Waals surface area contributed by atoms with Gasteiger partial charge in [-0.1, -0.05) is 26.0 Å². The molecular weight excluding hydrogens is 304 g/mol. The van der Waals surface area contributed by atoms with E-state index in [0.29, 0.717) is 11.4 Å². The highest BCUT2D eigenvalue weighted by atomic mass is 32.2. The van der Waals surface area contributed by atoms with Gasteiger partial charge in [-0.3, -0.25) is 9.10 Å². The fraction of sp³-hybridized carbons (Fsp3) is 0.533. The minimum absolute atomic E-state index is 0.0139. The molecule has 6 nitrogen and oxygen atoms in total. The number of ether oxygens (including phenoxy) is 1. The molecule has 1 amide bonds. The second kappa shape index (κ2) is 6.16. The molecule has 0 unspecified atom stereocenters. The van der Waals surface area contributed by atoms with Gasteiger partial charge in [0.2, 0.25) is 10.0 Å². The summed E-state index contributed by atoms with van der Waals surface area (Å²) < 4.78 is 30.9. The van der Waals surface area contributed by atoms with Gasteiger partial charge in [0, 0.05) is 6.04 Å². The summed E-state index contributed by atoms with van der Waals surface area (Å²) in [5, 5.41) is 2.87. The van der Waals surface area contributed by atoms with E-state index < -0.39 is 16.1 Å². The lowest BCUT2D eigenvalue weighted by molar-refractivity contribution is -0.128. The number of nitrogens with zero attached hydrogens (tertiary/aromatic N) is 1. The first kappa shape index (κ1) is 16.6. The van der Waals surface area contributed by atoms with Crippen molar-refractivity contribution in [3.05, 3.63) is 24.3 Å². The van der Waals surface area contributed by atoms with Crippen molar-refractivity contribution < 1.29 is 17.9 Å². The Morgan fingerprint density at radius 3 is 2.55 bits per heavy atom. The average Bonchev–Trinajstić information content (AvgIpc) is 2.44. The van der Waals surface area contributed by atoms with Crippen LogP contribution in [0.2, 0.25) is 0 Å². The number of rotatable bonds is 4. The number of fused-ring (bicyclic) bond motifs is 1. The number of hydrogen-bond acceptors (Lipinski definition) is 4. The van der Waals surface area contributed by atoms with Crippen molar-refractivity contribution in [3.63, 3.8) is 0 Å². The summed E-state index contributed by atoms with van der Waals surface area (Å²) in [6.45, 7) is 5.90. The lowest BCUT2D eigenvalue weighted by atomic mass is 10.1. The second-order valence-corrected chi connectivity index (χ2v) is 7.82. The van der Waals surface area contributed by atoms with E-state index in [0.717, 1.165) is 6.26 Å². The highest BCUT2D eigenvalue weighted by Crippen LogP contribution is 2.34. The molecule has 0 saturated heterocycles. The van der Waals surface area contributed by atoms with Crippen molar-refractivity contribution in [2.24, 2.45) is 5.92 Å². The van der Waals surface area contributed by atoms with Crippen molar-refractivity contribution >= 4 is 21.6 Å². The Morgan fingerprint density at radius 1 is 1.32 bits per heavy atom. The van der Waals surface area contributed by atoms with Gasteiger partial charge in [-0.15, -0.1) is 0 Å². The van der Waals surface area contributed by atoms with E-state index in [1.54, 1.807) is 24.3 Å². The zero-order chi connectivity index (χ0) is 16.5. The third-order valence-electron chi connectivity index (χ3n) is 3.80. The van der Waals surface area contributed by atoms with E-state index in [-0.39, 0.29) is 24.4 Å². The maximum absolute atomic E-state index is 12.3. The van der Waals surface area contributed by atoms with Gasteiger partial charge in [0.25, 0.3) is 5.91 Å². The van der Waals surface area contributed by atoms with Gasteiger partial charge in [-0.25, -0.2) is 8.42 Å². The minimum Gasteiger partial charge on any atom is -0.476 e. The van der Waals surface area contributed by atoms with E-state index in [1.165, 1.54) is 4.31 Å². The normalized spacial score (nSPS) is 19.3. The molecule has 0 bridgehead atoms. The zero-order valence-corrected chi connectivity index (χ0v) is 14.1. The van der Waals surface area contributed by atoms with Crippen molar-refractivity contribution in [3.8, 4) is 5.75 Å². The van der Waals surface area contributed by atoms with Crippen LogP contribution in [-0.2, 0) is 14.8 Å². The van der Waals surface area contributed by atoms with Gasteiger partial charge in [-0.2, -0.15) is 0 Å². The highest BCUT2D eigenvalue weighted by molar-refractivity contribution is 7.92. The fourth-order valence-electron chi connectivity index (χ4n) is 2.14. The molecule has 2 rings (SSSR count). The Kier molecular flexibility index (Phi) is 4.65. The number of hydrogen-bond donors (Lipinski definition) is 1. The van der Waals surface area contributed by atoms with Crippen LogP contribution >= 0.6 is 0 Å². The summed E-state index contributed by atoms with van der Waals surface area (Å²) in [7, 11) is -3.48. The molecule has 1 aliphatic heterocycles. The molecule has 1 aromatic rings. The number of para-hydroxylation sites is 2. The fourth-order valence-corrected chi connectivity index (χ4v) is 3.05.